The standard InChI is InChI=1S/C17H25N3/c1-5-14(4)20-9-8-15(19-20)11-17(18)16-7-6-12(2)10-13(16)3/h6-10,14,17H,5,11,18H2,1-4H3. The van der Waals surface area contributed by atoms with Crippen molar-refractivity contribution in [2.45, 2.75) is 52.6 Å². The van der Waals surface area contributed by atoms with E-state index >= 15 is 0 Å². The van der Waals surface area contributed by atoms with Crippen LogP contribution in [-0.2, 0) is 6.42 Å². The summed E-state index contributed by atoms with van der Waals surface area (Å²) in [6, 6.07) is 8.99. The highest BCUT2D eigenvalue weighted by atomic mass is 15.3. The van der Waals surface area contributed by atoms with E-state index in [-0.39, 0.29) is 6.04 Å². The van der Waals surface area contributed by atoms with Crippen LogP contribution < -0.4 is 5.73 Å². The van der Waals surface area contributed by atoms with Crippen LogP contribution >= 0.6 is 0 Å². The summed E-state index contributed by atoms with van der Waals surface area (Å²) in [6.45, 7) is 8.59. The van der Waals surface area contributed by atoms with Crippen LogP contribution in [0.2, 0.25) is 0 Å². The van der Waals surface area contributed by atoms with Gasteiger partial charge in [-0.25, -0.2) is 0 Å². The van der Waals surface area contributed by atoms with Gasteiger partial charge < -0.3 is 5.73 Å². The van der Waals surface area contributed by atoms with Crippen LogP contribution in [0.15, 0.2) is 30.5 Å². The highest BCUT2D eigenvalue weighted by molar-refractivity contribution is 5.33. The fourth-order valence-electron chi connectivity index (χ4n) is 2.50. The van der Waals surface area contributed by atoms with Crippen molar-refractivity contribution >= 4 is 0 Å². The van der Waals surface area contributed by atoms with Crippen LogP contribution in [-0.4, -0.2) is 9.78 Å². The fourth-order valence-corrected chi connectivity index (χ4v) is 2.50. The largest absolute Gasteiger partial charge is 0.324 e. The zero-order valence-corrected chi connectivity index (χ0v) is 12.9. The van der Waals surface area contributed by atoms with E-state index in [0.29, 0.717) is 6.04 Å². The second-order valence-electron chi connectivity index (χ2n) is 5.72. The quantitative estimate of drug-likeness (QED) is 0.900. The minimum absolute atomic E-state index is 0.0101. The second kappa shape index (κ2) is 6.23. The molecular formula is C17H25N3. The van der Waals surface area contributed by atoms with Crippen molar-refractivity contribution in [2.24, 2.45) is 5.73 Å². The van der Waals surface area contributed by atoms with Crippen LogP contribution in [0.3, 0.4) is 0 Å². The molecule has 108 valence electrons. The van der Waals surface area contributed by atoms with Crippen molar-refractivity contribution < 1.29 is 0 Å². The van der Waals surface area contributed by atoms with Gasteiger partial charge in [-0.3, -0.25) is 4.68 Å². The Morgan fingerprint density at radius 1 is 1.25 bits per heavy atom. The first kappa shape index (κ1) is 14.8. The maximum absolute atomic E-state index is 6.35. The molecule has 0 aliphatic carbocycles. The number of hydrogen-bond acceptors (Lipinski definition) is 2. The number of aromatic nitrogens is 2. The summed E-state index contributed by atoms with van der Waals surface area (Å²) in [5.41, 5.74) is 11.2. The highest BCUT2D eigenvalue weighted by Gasteiger charge is 2.12. The van der Waals surface area contributed by atoms with Crippen molar-refractivity contribution in [1.29, 1.82) is 0 Å². The third kappa shape index (κ3) is 3.28. The Morgan fingerprint density at radius 2 is 2.00 bits per heavy atom. The molecule has 2 unspecified atom stereocenters. The Balaban J connectivity index is 2.11. The van der Waals surface area contributed by atoms with Crippen molar-refractivity contribution in [3.63, 3.8) is 0 Å². The minimum Gasteiger partial charge on any atom is -0.324 e. The molecule has 0 saturated heterocycles. The maximum Gasteiger partial charge on any atom is 0.0643 e. The zero-order valence-electron chi connectivity index (χ0n) is 12.9. The summed E-state index contributed by atoms with van der Waals surface area (Å²) < 4.78 is 2.03. The van der Waals surface area contributed by atoms with Crippen LogP contribution in [0, 0.1) is 13.8 Å². The Labute approximate surface area is 121 Å². The lowest BCUT2D eigenvalue weighted by atomic mass is 9.97. The van der Waals surface area contributed by atoms with Gasteiger partial charge in [0, 0.05) is 24.7 Å². The SMILES string of the molecule is CCC(C)n1ccc(CC(N)c2ccc(C)cc2C)n1. The molecule has 0 radical (unpaired) electrons. The molecule has 2 aromatic rings. The number of benzene rings is 1. The van der Waals surface area contributed by atoms with Gasteiger partial charge in [0.1, 0.15) is 0 Å². The molecule has 1 aromatic carbocycles. The van der Waals surface area contributed by atoms with Crippen molar-refractivity contribution in [2.75, 3.05) is 0 Å². The molecule has 1 aromatic heterocycles. The lowest BCUT2D eigenvalue weighted by Gasteiger charge is -2.14. The topological polar surface area (TPSA) is 43.8 Å². The lowest BCUT2D eigenvalue weighted by molar-refractivity contribution is 0.472. The molecule has 2 N–H and O–H groups in total. The van der Waals surface area contributed by atoms with Gasteiger partial charge in [-0.2, -0.15) is 5.10 Å². The molecular weight excluding hydrogens is 246 g/mol. The smallest absolute Gasteiger partial charge is 0.0643 e. The van der Waals surface area contributed by atoms with Crippen LogP contribution in [0.25, 0.3) is 0 Å². The van der Waals surface area contributed by atoms with Crippen LogP contribution in [0.4, 0.5) is 0 Å². The van der Waals surface area contributed by atoms with Gasteiger partial charge in [-0.1, -0.05) is 30.7 Å². The molecule has 1 heterocycles. The van der Waals surface area contributed by atoms with Gasteiger partial charge in [0.15, 0.2) is 0 Å². The van der Waals surface area contributed by atoms with Gasteiger partial charge in [0.2, 0.25) is 0 Å². The molecule has 0 saturated carbocycles. The van der Waals surface area contributed by atoms with E-state index in [2.05, 4.69) is 63.3 Å². The molecule has 3 heteroatoms. The van der Waals surface area contributed by atoms with Gasteiger partial charge in [-0.05, 0) is 44.4 Å². The Hall–Kier alpha value is -1.61. The lowest BCUT2D eigenvalue weighted by Crippen LogP contribution is -2.15. The normalized spacial score (nSPS) is 14.2. The van der Waals surface area contributed by atoms with E-state index in [1.807, 2.05) is 4.68 Å². The van der Waals surface area contributed by atoms with E-state index in [1.54, 1.807) is 0 Å². The van der Waals surface area contributed by atoms with Gasteiger partial charge in [-0.15, -0.1) is 0 Å². The van der Waals surface area contributed by atoms with E-state index in [4.69, 9.17) is 5.73 Å². The van der Waals surface area contributed by atoms with Crippen molar-refractivity contribution in [1.82, 2.24) is 9.78 Å². The first-order valence-electron chi connectivity index (χ1n) is 7.38. The number of nitrogens with zero attached hydrogens (tertiary/aromatic N) is 2. The summed E-state index contributed by atoms with van der Waals surface area (Å²) >= 11 is 0. The second-order valence-corrected chi connectivity index (χ2v) is 5.72. The third-order valence-electron chi connectivity index (χ3n) is 3.96. The van der Waals surface area contributed by atoms with Gasteiger partial charge in [0.05, 0.1) is 5.69 Å². The predicted octanol–water partition coefficient (Wildman–Crippen LogP) is 3.71. The zero-order chi connectivity index (χ0) is 14.7. The molecule has 0 fully saturated rings. The summed E-state index contributed by atoms with van der Waals surface area (Å²) in [7, 11) is 0. The molecule has 2 atom stereocenters. The molecule has 0 bridgehead atoms. The Morgan fingerprint density at radius 3 is 2.65 bits per heavy atom. The van der Waals surface area contributed by atoms with E-state index in [9.17, 15) is 0 Å². The van der Waals surface area contributed by atoms with Gasteiger partial charge in [0.25, 0.3) is 0 Å². The average molecular weight is 271 g/mol. The third-order valence-corrected chi connectivity index (χ3v) is 3.96. The molecule has 0 spiro atoms. The Kier molecular flexibility index (Phi) is 4.61. The molecule has 20 heavy (non-hydrogen) atoms. The minimum atomic E-state index is 0.0101. The highest BCUT2D eigenvalue weighted by Crippen LogP contribution is 2.20. The first-order chi connectivity index (χ1) is 9.51. The Bertz CT molecular complexity index is 571. The summed E-state index contributed by atoms with van der Waals surface area (Å²) in [6.07, 6.45) is 3.93. The summed E-state index contributed by atoms with van der Waals surface area (Å²) in [4.78, 5) is 0. The maximum atomic E-state index is 6.35. The van der Waals surface area contributed by atoms with E-state index in [1.165, 1.54) is 16.7 Å². The number of hydrogen-bond donors (Lipinski definition) is 1. The number of rotatable bonds is 5. The molecule has 0 aliphatic rings. The van der Waals surface area contributed by atoms with E-state index < -0.39 is 0 Å². The number of nitrogens with two attached hydrogens (primary N) is 1. The first-order valence-corrected chi connectivity index (χ1v) is 7.38. The fraction of sp³-hybridized carbons (Fsp3) is 0.471. The van der Waals surface area contributed by atoms with Gasteiger partial charge >= 0.3 is 0 Å². The van der Waals surface area contributed by atoms with E-state index in [0.717, 1.165) is 18.5 Å². The number of aryl methyl sites for hydroxylation is 2. The summed E-state index contributed by atoms with van der Waals surface area (Å²) in [5.74, 6) is 0. The van der Waals surface area contributed by atoms with Crippen molar-refractivity contribution in [3.8, 4) is 0 Å². The molecule has 3 nitrogen and oxygen atoms in total. The van der Waals surface area contributed by atoms with Crippen LogP contribution in [0.5, 0.6) is 0 Å². The van der Waals surface area contributed by atoms with Crippen LogP contribution in [0.1, 0.15) is 54.7 Å². The average Bonchev–Trinajstić information content (AvgIpc) is 2.86. The predicted molar refractivity (Wildman–Crippen MR) is 83.8 cm³/mol. The monoisotopic (exact) mass is 271 g/mol. The van der Waals surface area contributed by atoms with Crippen molar-refractivity contribution in [3.05, 3.63) is 52.8 Å². The molecule has 0 amide bonds. The molecule has 0 aliphatic heterocycles. The molecule has 2 rings (SSSR count). The summed E-state index contributed by atoms with van der Waals surface area (Å²) in [5, 5.41) is 4.63.